The molecule has 0 aliphatic rings. The second kappa shape index (κ2) is 8.41. The molecule has 148 valence electrons. The van der Waals surface area contributed by atoms with Gasteiger partial charge in [-0.1, -0.05) is 29.8 Å². The molecule has 0 fully saturated rings. The van der Waals surface area contributed by atoms with Crippen LogP contribution >= 0.6 is 0 Å². The maximum atomic E-state index is 13.0. The average Bonchev–Trinajstić information content (AvgIpc) is 2.59. The number of hydrogen-bond acceptors (Lipinski definition) is 5. The zero-order valence-corrected chi connectivity index (χ0v) is 17.5. The summed E-state index contributed by atoms with van der Waals surface area (Å²) in [4.78, 5) is 0.225. The van der Waals surface area contributed by atoms with E-state index in [-0.39, 0.29) is 29.0 Å². The van der Waals surface area contributed by atoms with Crippen molar-refractivity contribution in [2.24, 2.45) is 0 Å². The maximum absolute atomic E-state index is 13.0. The molecule has 0 unspecified atom stereocenters. The summed E-state index contributed by atoms with van der Waals surface area (Å²) in [5, 5.41) is 0. The molecule has 0 aliphatic carbocycles. The highest BCUT2D eigenvalue weighted by molar-refractivity contribution is 7.89. The van der Waals surface area contributed by atoms with Gasteiger partial charge < -0.3 is 4.18 Å². The third-order valence-corrected chi connectivity index (χ3v) is 7.21. The lowest BCUT2D eigenvalue weighted by Gasteiger charge is -2.26. The lowest BCUT2D eigenvalue weighted by Crippen LogP contribution is -2.36. The van der Waals surface area contributed by atoms with Crippen LogP contribution in [0.5, 0.6) is 5.75 Å². The number of benzene rings is 2. The normalized spacial score (nSPS) is 12.5. The molecule has 0 heterocycles. The minimum Gasteiger partial charge on any atom is -0.382 e. The molecule has 2 aromatic carbocycles. The van der Waals surface area contributed by atoms with Crippen molar-refractivity contribution in [1.82, 2.24) is 4.31 Å². The van der Waals surface area contributed by atoms with Gasteiger partial charge in [0.25, 0.3) is 0 Å². The topological polar surface area (TPSA) is 80.8 Å². The maximum Gasteiger partial charge on any atom is 0.308 e. The Bertz CT molecular complexity index is 981. The van der Waals surface area contributed by atoms with E-state index in [1.54, 1.807) is 56.3 Å². The summed E-state index contributed by atoms with van der Waals surface area (Å²) < 4.78 is 55.8. The number of nitrogens with zero attached hydrogens (tertiary/aromatic N) is 1. The summed E-state index contributed by atoms with van der Waals surface area (Å²) >= 11 is 0. The molecule has 0 saturated carbocycles. The molecular formula is C19H25NO5S2. The molecule has 6 nitrogen and oxygen atoms in total. The second-order valence-electron chi connectivity index (χ2n) is 6.53. The van der Waals surface area contributed by atoms with Gasteiger partial charge >= 0.3 is 10.1 Å². The average molecular weight is 412 g/mol. The van der Waals surface area contributed by atoms with E-state index in [0.29, 0.717) is 5.56 Å². The summed E-state index contributed by atoms with van der Waals surface area (Å²) in [6.45, 7) is 7.10. The molecule has 0 amide bonds. The van der Waals surface area contributed by atoms with Crippen molar-refractivity contribution < 1.29 is 21.0 Å². The molecule has 0 bridgehead atoms. The molecule has 2 aromatic rings. The van der Waals surface area contributed by atoms with Crippen LogP contribution in [0.25, 0.3) is 0 Å². The van der Waals surface area contributed by atoms with Crippen LogP contribution in [0.2, 0.25) is 0 Å². The molecule has 0 N–H and O–H groups in total. The van der Waals surface area contributed by atoms with E-state index in [9.17, 15) is 16.8 Å². The van der Waals surface area contributed by atoms with Crippen molar-refractivity contribution >= 4 is 20.1 Å². The summed E-state index contributed by atoms with van der Waals surface area (Å²) in [5.74, 6) is 0.0303. The van der Waals surface area contributed by atoms with Crippen LogP contribution in [0.1, 0.15) is 31.9 Å². The minimum atomic E-state index is -3.69. The fourth-order valence-electron chi connectivity index (χ4n) is 2.47. The third-order valence-electron chi connectivity index (χ3n) is 4.02. The Balaban J connectivity index is 2.33. The first-order valence-electron chi connectivity index (χ1n) is 8.65. The molecule has 8 heteroatoms. The SMILES string of the molecule is CCS(=O)(=O)Oc1cccc(CN(C(C)C)S(=O)(=O)c2ccc(C)cc2)c1. The van der Waals surface area contributed by atoms with Crippen LogP contribution in [0, 0.1) is 6.92 Å². The standard InChI is InChI=1S/C19H25NO5S2/c1-5-26(21,22)25-18-8-6-7-17(13-18)14-20(15(2)3)27(23,24)19-11-9-16(4)10-12-19/h6-13,15H,5,14H2,1-4H3. The summed E-state index contributed by atoms with van der Waals surface area (Å²) in [6, 6.07) is 12.9. The predicted molar refractivity (Wildman–Crippen MR) is 106 cm³/mol. The zero-order chi connectivity index (χ0) is 20.2. The predicted octanol–water partition coefficient (Wildman–Crippen LogP) is 3.32. The summed E-state index contributed by atoms with van der Waals surface area (Å²) in [5.41, 5.74) is 1.62. The minimum absolute atomic E-state index is 0.108. The largest absolute Gasteiger partial charge is 0.382 e. The van der Waals surface area contributed by atoms with Gasteiger partial charge in [-0.2, -0.15) is 12.7 Å². The van der Waals surface area contributed by atoms with Gasteiger partial charge in [-0.3, -0.25) is 0 Å². The molecule has 0 radical (unpaired) electrons. The lowest BCUT2D eigenvalue weighted by atomic mass is 10.2. The number of sulfonamides is 1. The van der Waals surface area contributed by atoms with E-state index >= 15 is 0 Å². The summed E-state index contributed by atoms with van der Waals surface area (Å²) in [7, 11) is -7.34. The fraction of sp³-hybridized carbons (Fsp3) is 0.368. The molecule has 0 aliphatic heterocycles. The first kappa shape index (κ1) is 21.4. The first-order valence-corrected chi connectivity index (χ1v) is 11.7. The highest BCUT2D eigenvalue weighted by atomic mass is 32.2. The Morgan fingerprint density at radius 3 is 2.19 bits per heavy atom. The van der Waals surface area contributed by atoms with E-state index in [1.807, 2.05) is 6.92 Å². The van der Waals surface area contributed by atoms with Crippen LogP contribution in [-0.2, 0) is 26.7 Å². The number of aryl methyl sites for hydroxylation is 1. The van der Waals surface area contributed by atoms with Crippen molar-refractivity contribution in [3.63, 3.8) is 0 Å². The Labute approximate surface area is 162 Å². The molecule has 27 heavy (non-hydrogen) atoms. The Morgan fingerprint density at radius 1 is 1.00 bits per heavy atom. The number of hydrogen-bond donors (Lipinski definition) is 0. The van der Waals surface area contributed by atoms with Crippen molar-refractivity contribution in [1.29, 1.82) is 0 Å². The van der Waals surface area contributed by atoms with Crippen molar-refractivity contribution in [2.75, 3.05) is 5.75 Å². The highest BCUT2D eigenvalue weighted by Crippen LogP contribution is 2.23. The Kier molecular flexibility index (Phi) is 6.67. The smallest absolute Gasteiger partial charge is 0.308 e. The van der Waals surface area contributed by atoms with E-state index in [0.717, 1.165) is 5.56 Å². The monoisotopic (exact) mass is 411 g/mol. The van der Waals surface area contributed by atoms with Crippen molar-refractivity contribution in [2.45, 2.75) is 45.2 Å². The van der Waals surface area contributed by atoms with Crippen LogP contribution in [0.15, 0.2) is 53.4 Å². The molecule has 0 atom stereocenters. The Hall–Kier alpha value is -1.90. The lowest BCUT2D eigenvalue weighted by molar-refractivity contribution is 0.347. The number of rotatable bonds is 8. The zero-order valence-electron chi connectivity index (χ0n) is 15.9. The first-order chi connectivity index (χ1) is 12.5. The van der Waals surface area contributed by atoms with Gasteiger partial charge in [-0.25, -0.2) is 8.42 Å². The van der Waals surface area contributed by atoms with Crippen molar-refractivity contribution in [3.05, 3.63) is 59.7 Å². The van der Waals surface area contributed by atoms with Crippen LogP contribution in [0.4, 0.5) is 0 Å². The van der Waals surface area contributed by atoms with Gasteiger partial charge in [0.1, 0.15) is 5.75 Å². The van der Waals surface area contributed by atoms with Crippen molar-refractivity contribution in [3.8, 4) is 5.75 Å². The second-order valence-corrected chi connectivity index (χ2v) is 10.3. The van der Waals surface area contributed by atoms with Crippen LogP contribution in [-0.4, -0.2) is 32.9 Å². The van der Waals surface area contributed by atoms with Gasteiger partial charge in [0.05, 0.1) is 10.6 Å². The molecule has 0 spiro atoms. The highest BCUT2D eigenvalue weighted by Gasteiger charge is 2.27. The van der Waals surface area contributed by atoms with E-state index < -0.39 is 20.1 Å². The quantitative estimate of drug-likeness (QED) is 0.623. The Morgan fingerprint density at radius 2 is 1.63 bits per heavy atom. The molecular weight excluding hydrogens is 386 g/mol. The third kappa shape index (κ3) is 5.54. The van der Waals surface area contributed by atoms with Gasteiger partial charge in [0.2, 0.25) is 10.0 Å². The van der Waals surface area contributed by atoms with Gasteiger partial charge in [-0.05, 0) is 57.5 Å². The van der Waals surface area contributed by atoms with Crippen LogP contribution in [0.3, 0.4) is 0 Å². The molecule has 0 aromatic heterocycles. The van der Waals surface area contributed by atoms with E-state index in [4.69, 9.17) is 4.18 Å². The van der Waals surface area contributed by atoms with E-state index in [2.05, 4.69) is 0 Å². The van der Waals surface area contributed by atoms with Gasteiger partial charge in [-0.15, -0.1) is 0 Å². The van der Waals surface area contributed by atoms with E-state index in [1.165, 1.54) is 17.3 Å². The van der Waals surface area contributed by atoms with Gasteiger partial charge in [0, 0.05) is 12.6 Å². The fourth-order valence-corrected chi connectivity index (χ4v) is 4.61. The molecule has 2 rings (SSSR count). The van der Waals surface area contributed by atoms with Gasteiger partial charge in [0.15, 0.2) is 0 Å². The molecule has 0 saturated heterocycles. The van der Waals surface area contributed by atoms with Crippen LogP contribution < -0.4 is 4.18 Å². The summed E-state index contributed by atoms with van der Waals surface area (Å²) in [6.07, 6.45) is 0.